The van der Waals surface area contributed by atoms with Crippen LogP contribution in [0.3, 0.4) is 0 Å². The van der Waals surface area contributed by atoms with Crippen molar-refractivity contribution in [2.45, 2.75) is 24.7 Å². The molecule has 2 rings (SSSR count). The fourth-order valence-electron chi connectivity index (χ4n) is 1.84. The quantitative estimate of drug-likeness (QED) is 0.748. The second kappa shape index (κ2) is 4.20. The summed E-state index contributed by atoms with van der Waals surface area (Å²) < 4.78 is 28.6. The van der Waals surface area contributed by atoms with Crippen LogP contribution in [-0.2, 0) is 19.1 Å². The number of hydrogen-bond acceptors (Lipinski definition) is 4. The summed E-state index contributed by atoms with van der Waals surface area (Å²) in [7, 11) is -4.01. The van der Waals surface area contributed by atoms with E-state index >= 15 is 0 Å². The Morgan fingerprint density at radius 3 is 2.33 bits per heavy atom. The lowest BCUT2D eigenvalue weighted by molar-refractivity contribution is -0.127. The van der Waals surface area contributed by atoms with Gasteiger partial charge in [0.05, 0.1) is 0 Å². The van der Waals surface area contributed by atoms with Gasteiger partial charge in [0, 0.05) is 10.0 Å². The summed E-state index contributed by atoms with van der Waals surface area (Å²) in [4.78, 5) is 12.1. The number of carbonyl (C=O) groups is 1. The molecule has 1 fully saturated rings. The minimum atomic E-state index is -4.01. The molecule has 1 atom stereocenters. The van der Waals surface area contributed by atoms with Crippen LogP contribution >= 0.6 is 23.2 Å². The molecule has 0 aromatic heterocycles. The maximum absolute atomic E-state index is 12.1. The summed E-state index contributed by atoms with van der Waals surface area (Å²) >= 11 is 11.7. The second-order valence-electron chi connectivity index (χ2n) is 4.50. The molecular formula is C11H10Cl2O4S. The normalized spacial score (nSPS) is 25.3. The molecule has 0 amide bonds. The summed E-state index contributed by atoms with van der Waals surface area (Å²) in [5.41, 5.74) is -1.18. The van der Waals surface area contributed by atoms with Gasteiger partial charge in [-0.25, -0.2) is 0 Å². The Kier molecular flexibility index (Phi) is 3.22. The van der Waals surface area contributed by atoms with E-state index in [0.29, 0.717) is 5.02 Å². The molecule has 7 heteroatoms. The fraction of sp³-hybridized carbons (Fsp3) is 0.364. The van der Waals surface area contributed by atoms with Crippen LogP contribution < -0.4 is 0 Å². The van der Waals surface area contributed by atoms with E-state index in [1.165, 1.54) is 32.0 Å². The predicted molar refractivity (Wildman–Crippen MR) is 68.3 cm³/mol. The van der Waals surface area contributed by atoms with Crippen LogP contribution in [0.1, 0.15) is 24.7 Å². The minimum Gasteiger partial charge on any atom is -0.294 e. The van der Waals surface area contributed by atoms with Crippen LogP contribution in [0.25, 0.3) is 0 Å². The Morgan fingerprint density at radius 2 is 1.89 bits per heavy atom. The standard InChI is InChI=1S/C11H10Cl2O4S/c1-11(2)10(14)9(18(15,16)17-11)7-4-3-6(12)5-8(7)13/h3-5,9H,1-2H3. The van der Waals surface area contributed by atoms with Gasteiger partial charge >= 0.3 is 0 Å². The zero-order valence-corrected chi connectivity index (χ0v) is 11.9. The van der Waals surface area contributed by atoms with Gasteiger partial charge in [-0.1, -0.05) is 29.3 Å². The van der Waals surface area contributed by atoms with Crippen LogP contribution in [0.2, 0.25) is 10.0 Å². The number of rotatable bonds is 1. The summed E-state index contributed by atoms with van der Waals surface area (Å²) in [6.07, 6.45) is 0. The number of halogens is 2. The van der Waals surface area contributed by atoms with E-state index in [-0.39, 0.29) is 10.6 Å². The van der Waals surface area contributed by atoms with Crippen LogP contribution in [-0.4, -0.2) is 19.8 Å². The fourth-order valence-corrected chi connectivity index (χ4v) is 4.24. The molecule has 18 heavy (non-hydrogen) atoms. The van der Waals surface area contributed by atoms with E-state index in [4.69, 9.17) is 27.4 Å². The third-order valence-electron chi connectivity index (χ3n) is 2.69. The number of hydrogen-bond donors (Lipinski definition) is 0. The lowest BCUT2D eigenvalue weighted by Gasteiger charge is -2.11. The first-order chi connectivity index (χ1) is 8.15. The van der Waals surface area contributed by atoms with Crippen LogP contribution in [0.15, 0.2) is 18.2 Å². The van der Waals surface area contributed by atoms with Crippen molar-refractivity contribution in [3.05, 3.63) is 33.8 Å². The monoisotopic (exact) mass is 308 g/mol. The molecule has 4 nitrogen and oxygen atoms in total. The molecule has 98 valence electrons. The summed E-state index contributed by atoms with van der Waals surface area (Å²) in [5.74, 6) is -0.535. The number of ketones is 1. The third kappa shape index (κ3) is 2.16. The molecule has 0 spiro atoms. The van der Waals surface area contributed by atoms with E-state index in [2.05, 4.69) is 0 Å². The molecular weight excluding hydrogens is 299 g/mol. The third-order valence-corrected chi connectivity index (χ3v) is 4.95. The van der Waals surface area contributed by atoms with Gasteiger partial charge in [0.15, 0.2) is 11.0 Å². The van der Waals surface area contributed by atoms with Crippen LogP contribution in [0.5, 0.6) is 0 Å². The molecule has 1 heterocycles. The molecule has 1 aromatic rings. The highest BCUT2D eigenvalue weighted by Crippen LogP contribution is 2.42. The topological polar surface area (TPSA) is 60.4 Å². The van der Waals surface area contributed by atoms with Crippen LogP contribution in [0.4, 0.5) is 0 Å². The Bertz CT molecular complexity index is 622. The van der Waals surface area contributed by atoms with Gasteiger partial charge in [0.2, 0.25) is 0 Å². The van der Waals surface area contributed by atoms with E-state index < -0.39 is 26.8 Å². The maximum Gasteiger partial charge on any atom is 0.282 e. The van der Waals surface area contributed by atoms with Crippen molar-refractivity contribution in [3.63, 3.8) is 0 Å². The molecule has 0 N–H and O–H groups in total. The van der Waals surface area contributed by atoms with E-state index in [1.54, 1.807) is 0 Å². The zero-order valence-electron chi connectivity index (χ0n) is 9.61. The maximum atomic E-state index is 12.1. The Hall–Kier alpha value is -0.620. The van der Waals surface area contributed by atoms with E-state index in [9.17, 15) is 13.2 Å². The first-order valence-corrected chi connectivity index (χ1v) is 7.31. The smallest absolute Gasteiger partial charge is 0.282 e. The van der Waals surface area contributed by atoms with Crippen molar-refractivity contribution >= 4 is 39.1 Å². The number of benzene rings is 1. The first kappa shape index (κ1) is 13.8. The molecule has 1 aliphatic rings. The largest absolute Gasteiger partial charge is 0.294 e. The zero-order chi connectivity index (χ0) is 13.7. The SMILES string of the molecule is CC1(C)OS(=O)(=O)C(c2ccc(Cl)cc2Cl)C1=O. The molecule has 0 radical (unpaired) electrons. The predicted octanol–water partition coefficient (Wildman–Crippen LogP) is 2.74. The van der Waals surface area contributed by atoms with Crippen molar-refractivity contribution in [1.29, 1.82) is 0 Å². The van der Waals surface area contributed by atoms with Crippen molar-refractivity contribution < 1.29 is 17.4 Å². The summed E-state index contributed by atoms with van der Waals surface area (Å²) in [6, 6.07) is 4.30. The van der Waals surface area contributed by atoms with E-state index in [1.807, 2.05) is 0 Å². The molecule has 1 unspecified atom stereocenters. The van der Waals surface area contributed by atoms with Crippen LogP contribution in [0, 0.1) is 0 Å². The van der Waals surface area contributed by atoms with Gasteiger partial charge in [0.1, 0.15) is 5.60 Å². The lowest BCUT2D eigenvalue weighted by Crippen LogP contribution is -2.29. The summed E-state index contributed by atoms with van der Waals surface area (Å²) in [5, 5.41) is -0.894. The molecule has 1 saturated heterocycles. The summed E-state index contributed by atoms with van der Waals surface area (Å²) in [6.45, 7) is 2.83. The number of Topliss-reactive ketones (excluding diaryl/α,β-unsaturated/α-hetero) is 1. The van der Waals surface area contributed by atoms with E-state index in [0.717, 1.165) is 0 Å². The average Bonchev–Trinajstić information content (AvgIpc) is 2.34. The highest BCUT2D eigenvalue weighted by molar-refractivity contribution is 7.88. The molecule has 0 saturated carbocycles. The Morgan fingerprint density at radius 1 is 1.28 bits per heavy atom. The average molecular weight is 309 g/mol. The molecule has 0 aliphatic carbocycles. The number of carbonyl (C=O) groups excluding carboxylic acids is 1. The lowest BCUT2D eigenvalue weighted by atomic mass is 9.97. The van der Waals surface area contributed by atoms with Gasteiger partial charge in [-0.3, -0.25) is 8.98 Å². The minimum absolute atomic E-state index is 0.130. The van der Waals surface area contributed by atoms with Gasteiger partial charge in [0.25, 0.3) is 10.1 Å². The van der Waals surface area contributed by atoms with Crippen molar-refractivity contribution in [2.24, 2.45) is 0 Å². The Labute approximate surface area is 115 Å². The van der Waals surface area contributed by atoms with Crippen molar-refractivity contribution in [2.75, 3.05) is 0 Å². The molecule has 1 aromatic carbocycles. The van der Waals surface area contributed by atoms with Crippen molar-refractivity contribution in [1.82, 2.24) is 0 Å². The second-order valence-corrected chi connectivity index (χ2v) is 6.96. The first-order valence-electron chi connectivity index (χ1n) is 5.09. The van der Waals surface area contributed by atoms with Gasteiger partial charge in [-0.2, -0.15) is 8.42 Å². The molecule has 1 aliphatic heterocycles. The Balaban J connectivity index is 2.60. The van der Waals surface area contributed by atoms with Gasteiger partial charge in [-0.05, 0) is 31.5 Å². The highest BCUT2D eigenvalue weighted by Gasteiger charge is 2.54. The molecule has 0 bridgehead atoms. The van der Waals surface area contributed by atoms with Crippen molar-refractivity contribution in [3.8, 4) is 0 Å². The van der Waals surface area contributed by atoms with Gasteiger partial charge < -0.3 is 0 Å². The van der Waals surface area contributed by atoms with Gasteiger partial charge in [-0.15, -0.1) is 0 Å². The highest BCUT2D eigenvalue weighted by atomic mass is 35.5.